The molecular weight excluding hydrogens is 400 g/mol. The highest BCUT2D eigenvalue weighted by Crippen LogP contribution is 2.31. The molecule has 2 amide bonds. The second-order valence-corrected chi connectivity index (χ2v) is 8.58. The molecule has 1 atom stereocenters. The molecule has 1 N–H and O–H groups in total. The van der Waals surface area contributed by atoms with Crippen molar-refractivity contribution in [3.63, 3.8) is 0 Å². The Morgan fingerprint density at radius 2 is 2.03 bits per heavy atom. The fraction of sp³-hybridized carbons (Fsp3) is 0.435. The van der Waals surface area contributed by atoms with E-state index in [0.717, 1.165) is 5.56 Å². The zero-order valence-corrected chi connectivity index (χ0v) is 18.3. The molecule has 1 aliphatic rings. The Bertz CT molecular complexity index is 945. The van der Waals surface area contributed by atoms with E-state index >= 15 is 0 Å². The number of amides is 2. The topological polar surface area (TPSA) is 98.1 Å². The molecule has 8 heteroatoms. The van der Waals surface area contributed by atoms with Crippen molar-refractivity contribution in [3.05, 3.63) is 47.9 Å². The van der Waals surface area contributed by atoms with Gasteiger partial charge in [-0.2, -0.15) is 0 Å². The van der Waals surface area contributed by atoms with Crippen molar-refractivity contribution in [2.24, 2.45) is 5.92 Å². The van der Waals surface area contributed by atoms with Crippen LogP contribution in [0.2, 0.25) is 0 Å². The number of carbonyl (C=O) groups is 3. The second-order valence-electron chi connectivity index (χ2n) is 8.58. The Morgan fingerprint density at radius 3 is 2.68 bits per heavy atom. The molecule has 0 aliphatic carbocycles. The molecule has 3 rings (SSSR count). The maximum atomic E-state index is 12.4. The van der Waals surface area contributed by atoms with Gasteiger partial charge in [-0.15, -0.1) is 0 Å². The van der Waals surface area contributed by atoms with Gasteiger partial charge in [0.25, 0.3) is 5.91 Å². The van der Waals surface area contributed by atoms with Gasteiger partial charge in [-0.25, -0.2) is 0 Å². The lowest BCUT2D eigenvalue weighted by Crippen LogP contribution is -2.28. The lowest BCUT2D eigenvalue weighted by molar-refractivity contribution is -0.151. The predicted octanol–water partition coefficient (Wildman–Crippen LogP) is 3.12. The number of hydrogen-bond donors (Lipinski definition) is 1. The van der Waals surface area contributed by atoms with E-state index in [1.165, 1.54) is 13.4 Å². The summed E-state index contributed by atoms with van der Waals surface area (Å²) in [5.41, 5.74) is 1.44. The van der Waals surface area contributed by atoms with E-state index in [1.54, 1.807) is 23.1 Å². The molecule has 0 bridgehead atoms. The maximum Gasteiger partial charge on any atom is 0.311 e. The van der Waals surface area contributed by atoms with Crippen LogP contribution in [0.25, 0.3) is 0 Å². The average molecular weight is 428 g/mol. The van der Waals surface area contributed by atoms with Crippen molar-refractivity contribution >= 4 is 23.5 Å². The van der Waals surface area contributed by atoms with Crippen molar-refractivity contribution < 1.29 is 28.3 Å². The van der Waals surface area contributed by atoms with Gasteiger partial charge in [0.2, 0.25) is 5.91 Å². The molecule has 1 aromatic heterocycles. The van der Waals surface area contributed by atoms with Crippen LogP contribution in [0.4, 0.5) is 5.69 Å². The molecule has 1 aliphatic heterocycles. The molecule has 31 heavy (non-hydrogen) atoms. The van der Waals surface area contributed by atoms with Gasteiger partial charge in [0.1, 0.15) is 11.5 Å². The summed E-state index contributed by atoms with van der Waals surface area (Å²) in [6.45, 7) is 6.31. The summed E-state index contributed by atoms with van der Waals surface area (Å²) in [7, 11) is 1.52. The number of methoxy groups -OCH3 is 1. The molecule has 0 saturated carbocycles. The zero-order valence-electron chi connectivity index (χ0n) is 18.3. The molecule has 1 aromatic carbocycles. The third kappa shape index (κ3) is 5.65. The number of ether oxygens (including phenoxy) is 2. The third-order valence-corrected chi connectivity index (χ3v) is 5.16. The quantitative estimate of drug-likeness (QED) is 0.681. The van der Waals surface area contributed by atoms with Crippen molar-refractivity contribution in [2.45, 2.75) is 39.2 Å². The predicted molar refractivity (Wildman–Crippen MR) is 114 cm³/mol. The first-order valence-corrected chi connectivity index (χ1v) is 10.1. The van der Waals surface area contributed by atoms with Crippen LogP contribution in [0, 0.1) is 5.92 Å². The Morgan fingerprint density at radius 1 is 1.26 bits per heavy atom. The largest absolute Gasteiger partial charge is 0.495 e. The Balaban J connectivity index is 1.54. The number of likely N-dealkylation sites (tertiary alicyclic amines) is 1. The first-order valence-electron chi connectivity index (χ1n) is 10.1. The van der Waals surface area contributed by atoms with Crippen molar-refractivity contribution in [1.82, 2.24) is 4.90 Å². The molecule has 0 spiro atoms. The van der Waals surface area contributed by atoms with Crippen molar-refractivity contribution in [3.8, 4) is 5.75 Å². The van der Waals surface area contributed by atoms with Gasteiger partial charge in [-0.05, 0) is 35.2 Å². The summed E-state index contributed by atoms with van der Waals surface area (Å²) in [6.07, 6.45) is 1.59. The number of nitrogens with one attached hydrogen (secondary N) is 1. The highest BCUT2D eigenvalue weighted by molar-refractivity contribution is 5.95. The number of furan rings is 1. The number of rotatable bonds is 7. The zero-order chi connectivity index (χ0) is 22.6. The summed E-state index contributed by atoms with van der Waals surface area (Å²) in [4.78, 5) is 38.5. The fourth-order valence-corrected chi connectivity index (χ4v) is 3.39. The summed E-state index contributed by atoms with van der Waals surface area (Å²) in [5.74, 6) is -0.633. The van der Waals surface area contributed by atoms with E-state index in [2.05, 4.69) is 26.1 Å². The number of esters is 1. The van der Waals surface area contributed by atoms with Gasteiger partial charge < -0.3 is 24.1 Å². The summed E-state index contributed by atoms with van der Waals surface area (Å²) < 4.78 is 15.7. The molecule has 0 unspecified atom stereocenters. The van der Waals surface area contributed by atoms with E-state index in [-0.39, 0.29) is 24.3 Å². The first-order chi connectivity index (χ1) is 14.7. The van der Waals surface area contributed by atoms with Gasteiger partial charge in [-0.3, -0.25) is 14.4 Å². The van der Waals surface area contributed by atoms with Crippen LogP contribution in [-0.4, -0.2) is 42.9 Å². The summed E-state index contributed by atoms with van der Waals surface area (Å²) in [6, 6.07) is 9.10. The van der Waals surface area contributed by atoms with Crippen molar-refractivity contribution in [1.29, 1.82) is 0 Å². The third-order valence-electron chi connectivity index (χ3n) is 5.16. The monoisotopic (exact) mass is 428 g/mol. The minimum atomic E-state index is -0.603. The summed E-state index contributed by atoms with van der Waals surface area (Å²) >= 11 is 0. The van der Waals surface area contributed by atoms with Crippen LogP contribution >= 0.6 is 0 Å². The van der Waals surface area contributed by atoms with Crippen LogP contribution in [0.3, 0.4) is 0 Å². The van der Waals surface area contributed by atoms with Crippen LogP contribution < -0.4 is 10.1 Å². The second kappa shape index (κ2) is 9.24. The lowest BCUT2D eigenvalue weighted by atomic mass is 9.87. The Hall–Kier alpha value is -3.29. The number of carbonyl (C=O) groups excluding carboxylic acids is 3. The first kappa shape index (κ1) is 22.4. The summed E-state index contributed by atoms with van der Waals surface area (Å²) in [5, 5.41) is 2.74. The lowest BCUT2D eigenvalue weighted by Gasteiger charge is -2.21. The van der Waals surface area contributed by atoms with Gasteiger partial charge in [0.15, 0.2) is 6.61 Å². The molecule has 8 nitrogen and oxygen atoms in total. The minimum absolute atomic E-state index is 0.0581. The highest BCUT2D eigenvalue weighted by Gasteiger charge is 2.36. The number of hydrogen-bond acceptors (Lipinski definition) is 6. The number of nitrogens with zero attached hydrogens (tertiary/aromatic N) is 1. The van der Waals surface area contributed by atoms with Gasteiger partial charge in [0, 0.05) is 13.0 Å². The highest BCUT2D eigenvalue weighted by atomic mass is 16.5. The standard InChI is InChI=1S/C23H28N2O6/c1-23(2,3)16-7-8-19(29-4)18(11-16)24-20(26)14-31-22(28)15-10-21(27)25(12-15)13-17-6-5-9-30-17/h5-9,11,15H,10,12-14H2,1-4H3,(H,24,26)/t15-/m1/s1. The van der Waals surface area contributed by atoms with Gasteiger partial charge in [-0.1, -0.05) is 26.8 Å². The molecule has 2 heterocycles. The average Bonchev–Trinajstić information content (AvgIpc) is 3.36. The van der Waals surface area contributed by atoms with E-state index in [1.807, 2.05) is 12.1 Å². The molecular formula is C23H28N2O6. The fourth-order valence-electron chi connectivity index (χ4n) is 3.39. The van der Waals surface area contributed by atoms with E-state index < -0.39 is 24.4 Å². The van der Waals surface area contributed by atoms with Gasteiger partial charge in [0.05, 0.1) is 31.5 Å². The smallest absolute Gasteiger partial charge is 0.311 e. The van der Waals surface area contributed by atoms with Gasteiger partial charge >= 0.3 is 5.97 Å². The van der Waals surface area contributed by atoms with E-state index in [4.69, 9.17) is 13.9 Å². The van der Waals surface area contributed by atoms with Crippen LogP contribution in [-0.2, 0) is 31.1 Å². The normalized spacial score (nSPS) is 16.3. The molecule has 1 fully saturated rings. The minimum Gasteiger partial charge on any atom is -0.495 e. The maximum absolute atomic E-state index is 12.4. The Kier molecular flexibility index (Phi) is 6.68. The molecule has 0 radical (unpaired) electrons. The van der Waals surface area contributed by atoms with Crippen LogP contribution in [0.15, 0.2) is 41.0 Å². The Labute approximate surface area is 181 Å². The molecule has 1 saturated heterocycles. The van der Waals surface area contributed by atoms with E-state index in [0.29, 0.717) is 23.7 Å². The van der Waals surface area contributed by atoms with E-state index in [9.17, 15) is 14.4 Å². The molecule has 166 valence electrons. The SMILES string of the molecule is COc1ccc(C(C)(C)C)cc1NC(=O)COC(=O)[C@@H]1CC(=O)N(Cc2ccco2)C1. The molecule has 2 aromatic rings. The van der Waals surface area contributed by atoms with Crippen molar-refractivity contribution in [2.75, 3.05) is 25.6 Å². The number of benzene rings is 1. The van der Waals surface area contributed by atoms with Crippen LogP contribution in [0.5, 0.6) is 5.75 Å². The number of anilines is 1. The van der Waals surface area contributed by atoms with Crippen LogP contribution in [0.1, 0.15) is 38.5 Å².